The molecule has 182 valence electrons. The second kappa shape index (κ2) is 12.3. The molecule has 11 heteroatoms. The van der Waals surface area contributed by atoms with Crippen LogP contribution in [0.4, 0.5) is 14.5 Å². The van der Waals surface area contributed by atoms with Crippen LogP contribution in [-0.2, 0) is 11.3 Å². The van der Waals surface area contributed by atoms with Crippen LogP contribution in [0, 0.1) is 11.3 Å². The third-order valence-electron chi connectivity index (χ3n) is 5.27. The highest BCUT2D eigenvalue weighted by Crippen LogP contribution is 2.17. The molecule has 0 spiro atoms. The maximum atomic E-state index is 12.8. The van der Waals surface area contributed by atoms with E-state index in [0.717, 1.165) is 31.0 Å². The Hall–Kier alpha value is -3.23. The standard InChI is InChI=1S/C23H27F2N5O3S/c1-2-30-22(32)19(34-23(30)18(13-26)21(31)28-15-20(24)25)14-27-16-6-5-7-17(12-16)33-11-10-29-8-3-4-9-29/h5-7,12,14,20,27H,2-4,8-11,15H2,1H3,(H,28,31). The summed E-state index contributed by atoms with van der Waals surface area (Å²) in [4.78, 5) is 27.3. The third-order valence-corrected chi connectivity index (χ3v) is 6.40. The van der Waals surface area contributed by atoms with Crippen LogP contribution >= 0.6 is 11.3 Å². The zero-order chi connectivity index (χ0) is 24.5. The quantitative estimate of drug-likeness (QED) is 0.520. The van der Waals surface area contributed by atoms with Crippen LogP contribution in [0.25, 0.3) is 11.8 Å². The minimum absolute atomic E-state index is 0.119. The molecule has 1 aliphatic heterocycles. The number of halogens is 2. The summed E-state index contributed by atoms with van der Waals surface area (Å²) in [6.45, 7) is 4.72. The third kappa shape index (κ3) is 6.65. The molecule has 34 heavy (non-hydrogen) atoms. The molecule has 8 nitrogen and oxygen atoms in total. The summed E-state index contributed by atoms with van der Waals surface area (Å²) in [5.74, 6) is -0.240. The summed E-state index contributed by atoms with van der Waals surface area (Å²) < 4.78 is 32.4. The van der Waals surface area contributed by atoms with Crippen molar-refractivity contribution in [3.63, 3.8) is 0 Å². The molecule has 0 radical (unpaired) electrons. The Bertz CT molecular complexity index is 1210. The molecule has 0 aliphatic carbocycles. The van der Waals surface area contributed by atoms with Gasteiger partial charge in [-0.2, -0.15) is 5.26 Å². The Morgan fingerprint density at radius 1 is 1.35 bits per heavy atom. The largest absolute Gasteiger partial charge is 0.492 e. The molecule has 0 saturated carbocycles. The van der Waals surface area contributed by atoms with E-state index in [1.165, 1.54) is 23.6 Å². The van der Waals surface area contributed by atoms with E-state index in [4.69, 9.17) is 4.74 Å². The predicted molar refractivity (Wildman–Crippen MR) is 127 cm³/mol. The molecular weight excluding hydrogens is 464 g/mol. The first-order valence-corrected chi connectivity index (χ1v) is 11.9. The number of nitrogens with zero attached hydrogens (tertiary/aromatic N) is 3. The molecule has 3 rings (SSSR count). The average molecular weight is 492 g/mol. The lowest BCUT2D eigenvalue weighted by Gasteiger charge is -2.15. The van der Waals surface area contributed by atoms with E-state index in [1.54, 1.807) is 13.0 Å². The van der Waals surface area contributed by atoms with Gasteiger partial charge in [-0.3, -0.25) is 19.1 Å². The van der Waals surface area contributed by atoms with Crippen LogP contribution in [0.5, 0.6) is 5.75 Å². The number of carbonyl (C=O) groups is 1. The summed E-state index contributed by atoms with van der Waals surface area (Å²) >= 11 is 0.945. The molecule has 0 atom stereocenters. The number of carbonyl (C=O) groups excluding carboxylic acids is 1. The maximum Gasteiger partial charge on any atom is 0.270 e. The van der Waals surface area contributed by atoms with Gasteiger partial charge >= 0.3 is 0 Å². The highest BCUT2D eigenvalue weighted by molar-refractivity contribution is 7.07. The molecule has 1 fully saturated rings. The number of nitriles is 1. The maximum absolute atomic E-state index is 12.8. The van der Waals surface area contributed by atoms with Gasteiger partial charge in [0, 0.05) is 31.0 Å². The highest BCUT2D eigenvalue weighted by atomic mass is 32.1. The van der Waals surface area contributed by atoms with Crippen molar-refractivity contribution in [3.8, 4) is 11.8 Å². The molecule has 0 bridgehead atoms. The van der Waals surface area contributed by atoms with Crippen molar-refractivity contribution >= 4 is 34.7 Å². The van der Waals surface area contributed by atoms with Gasteiger partial charge in [-0.1, -0.05) is 6.07 Å². The van der Waals surface area contributed by atoms with Gasteiger partial charge in [0.2, 0.25) is 0 Å². The number of likely N-dealkylation sites (tertiary alicyclic amines) is 1. The number of hydrogen-bond donors (Lipinski definition) is 2. The molecule has 2 N–H and O–H groups in total. The highest BCUT2D eigenvalue weighted by Gasteiger charge is 2.16. The Morgan fingerprint density at radius 3 is 2.79 bits per heavy atom. The molecule has 1 aliphatic rings. The van der Waals surface area contributed by atoms with E-state index in [2.05, 4.69) is 10.2 Å². The SMILES string of the molecule is CCn1c(=C(C#N)C(=O)NCC(F)F)sc(=CNc2cccc(OCCN3CCCC3)c2)c1=O. The van der Waals surface area contributed by atoms with Crippen LogP contribution < -0.4 is 30.1 Å². The summed E-state index contributed by atoms with van der Waals surface area (Å²) in [6.07, 6.45) is 1.22. The van der Waals surface area contributed by atoms with E-state index < -0.39 is 18.9 Å². The molecule has 1 saturated heterocycles. The number of thiazole rings is 1. The van der Waals surface area contributed by atoms with Crippen LogP contribution in [0.2, 0.25) is 0 Å². The van der Waals surface area contributed by atoms with Crippen molar-refractivity contribution in [2.24, 2.45) is 0 Å². The van der Waals surface area contributed by atoms with Gasteiger partial charge in [-0.05, 0) is 45.0 Å². The number of hydrogen-bond acceptors (Lipinski definition) is 7. The zero-order valence-corrected chi connectivity index (χ0v) is 19.7. The first-order chi connectivity index (χ1) is 16.4. The van der Waals surface area contributed by atoms with Gasteiger partial charge in [0.25, 0.3) is 17.9 Å². The van der Waals surface area contributed by atoms with Gasteiger partial charge in [0.1, 0.15) is 27.6 Å². The van der Waals surface area contributed by atoms with E-state index in [0.29, 0.717) is 18.0 Å². The number of alkyl halides is 2. The molecule has 0 unspecified atom stereocenters. The Kier molecular flexibility index (Phi) is 9.18. The number of nitrogens with one attached hydrogen (secondary N) is 2. The number of ether oxygens (including phenoxy) is 1. The van der Waals surface area contributed by atoms with E-state index >= 15 is 0 Å². The molecule has 1 aromatic heterocycles. The second-order valence-corrected chi connectivity index (χ2v) is 8.65. The smallest absolute Gasteiger partial charge is 0.270 e. The number of anilines is 1. The van der Waals surface area contributed by atoms with Crippen molar-refractivity contribution in [2.45, 2.75) is 32.7 Å². The first-order valence-electron chi connectivity index (χ1n) is 11.0. The topological polar surface area (TPSA) is 99.4 Å². The van der Waals surface area contributed by atoms with Crippen molar-refractivity contribution in [2.75, 3.05) is 38.1 Å². The summed E-state index contributed by atoms with van der Waals surface area (Å²) in [5, 5.41) is 14.5. The number of benzene rings is 1. The monoisotopic (exact) mass is 491 g/mol. The molecular formula is C23H27F2N5O3S. The van der Waals surface area contributed by atoms with Crippen LogP contribution in [0.15, 0.2) is 29.1 Å². The summed E-state index contributed by atoms with van der Waals surface area (Å²) in [6, 6.07) is 9.06. The lowest BCUT2D eigenvalue weighted by Crippen LogP contribution is -2.35. The van der Waals surface area contributed by atoms with E-state index in [-0.39, 0.29) is 26.9 Å². The molecule has 1 aromatic carbocycles. The minimum Gasteiger partial charge on any atom is -0.492 e. The van der Waals surface area contributed by atoms with Crippen molar-refractivity contribution < 1.29 is 18.3 Å². The predicted octanol–water partition coefficient (Wildman–Crippen LogP) is 1.31. The fourth-order valence-electron chi connectivity index (χ4n) is 3.57. The number of aromatic nitrogens is 1. The van der Waals surface area contributed by atoms with Crippen LogP contribution in [0.1, 0.15) is 19.8 Å². The zero-order valence-electron chi connectivity index (χ0n) is 18.9. The van der Waals surface area contributed by atoms with Gasteiger partial charge < -0.3 is 15.4 Å². The van der Waals surface area contributed by atoms with Crippen molar-refractivity contribution in [1.29, 1.82) is 5.26 Å². The molecule has 2 aromatic rings. The Morgan fingerprint density at radius 2 is 2.12 bits per heavy atom. The van der Waals surface area contributed by atoms with Crippen LogP contribution in [0.3, 0.4) is 0 Å². The van der Waals surface area contributed by atoms with Crippen molar-refractivity contribution in [3.05, 3.63) is 43.8 Å². The summed E-state index contributed by atoms with van der Waals surface area (Å²) in [5.41, 5.74) is -0.0599. The minimum atomic E-state index is -2.74. The lowest BCUT2D eigenvalue weighted by atomic mass is 10.3. The van der Waals surface area contributed by atoms with Gasteiger partial charge in [-0.15, -0.1) is 11.3 Å². The fraction of sp³-hybridized carbons (Fsp3) is 0.435. The van der Waals surface area contributed by atoms with Crippen molar-refractivity contribution in [1.82, 2.24) is 14.8 Å². The Labute approximate surface area is 199 Å². The van der Waals surface area contributed by atoms with E-state index in [9.17, 15) is 23.6 Å². The van der Waals surface area contributed by atoms with Gasteiger partial charge in [-0.25, -0.2) is 8.78 Å². The molecule has 1 amide bonds. The van der Waals surface area contributed by atoms with Gasteiger partial charge in [0.15, 0.2) is 5.57 Å². The number of amides is 1. The normalized spacial score (nSPS) is 15.3. The van der Waals surface area contributed by atoms with Crippen LogP contribution in [-0.4, -0.2) is 54.6 Å². The molecule has 2 heterocycles. The van der Waals surface area contributed by atoms with E-state index in [1.807, 2.05) is 29.6 Å². The Balaban J connectivity index is 1.78. The fourth-order valence-corrected chi connectivity index (χ4v) is 4.66. The lowest BCUT2D eigenvalue weighted by molar-refractivity contribution is -0.116. The second-order valence-electron chi connectivity index (χ2n) is 7.62. The first kappa shape index (κ1) is 25.4. The van der Waals surface area contributed by atoms with Gasteiger partial charge in [0.05, 0.1) is 6.54 Å². The average Bonchev–Trinajstić information content (AvgIpc) is 3.45. The summed E-state index contributed by atoms with van der Waals surface area (Å²) in [7, 11) is 0. The number of rotatable bonds is 10.